The number of hydrogen-bond acceptors (Lipinski definition) is 2. The summed E-state index contributed by atoms with van der Waals surface area (Å²) in [5, 5.41) is 3.61. The summed E-state index contributed by atoms with van der Waals surface area (Å²) < 4.78 is 13.0. The van der Waals surface area contributed by atoms with E-state index in [0.29, 0.717) is 6.04 Å². The van der Waals surface area contributed by atoms with Crippen molar-refractivity contribution < 1.29 is 4.39 Å². The van der Waals surface area contributed by atoms with Gasteiger partial charge in [0, 0.05) is 22.3 Å². The maximum atomic E-state index is 13.0. The number of halogens is 1. The van der Waals surface area contributed by atoms with E-state index in [1.54, 1.807) is 12.1 Å². The number of benzene rings is 1. The third-order valence-corrected chi connectivity index (χ3v) is 4.44. The van der Waals surface area contributed by atoms with Gasteiger partial charge in [0.05, 0.1) is 0 Å². The molecule has 0 saturated carbocycles. The minimum Gasteiger partial charge on any atom is -0.305 e. The first-order valence-corrected chi connectivity index (χ1v) is 8.05. The Balaban J connectivity index is 2.01. The molecule has 0 saturated heterocycles. The van der Waals surface area contributed by atoms with E-state index in [1.165, 1.54) is 28.2 Å². The van der Waals surface area contributed by atoms with Gasteiger partial charge in [0.1, 0.15) is 5.82 Å². The molecule has 0 bridgehead atoms. The smallest absolute Gasteiger partial charge is 0.123 e. The summed E-state index contributed by atoms with van der Waals surface area (Å²) in [6.45, 7) is 5.21. The molecule has 0 aliphatic carbocycles. The highest BCUT2D eigenvalue weighted by molar-refractivity contribution is 7.11. The van der Waals surface area contributed by atoms with E-state index < -0.39 is 0 Å². The Labute approximate surface area is 124 Å². The quantitative estimate of drug-likeness (QED) is 0.737. The summed E-state index contributed by atoms with van der Waals surface area (Å²) in [5.74, 6) is -0.170. The van der Waals surface area contributed by atoms with Gasteiger partial charge in [-0.1, -0.05) is 31.9 Å². The molecule has 1 nitrogen and oxygen atoms in total. The van der Waals surface area contributed by atoms with E-state index in [-0.39, 0.29) is 5.82 Å². The molecule has 2 rings (SSSR count). The minimum atomic E-state index is -0.170. The standard InChI is InChI=1S/C17H22FNS/c1-3-4-5-17(14-7-9-15(18)10-8-14)19-12-16-11-6-13(2)20-16/h6-11,17,19H,3-5,12H2,1-2H3. The van der Waals surface area contributed by atoms with Crippen LogP contribution in [0.5, 0.6) is 0 Å². The first-order valence-electron chi connectivity index (χ1n) is 7.23. The van der Waals surface area contributed by atoms with Crippen molar-refractivity contribution in [2.75, 3.05) is 0 Å². The van der Waals surface area contributed by atoms with Gasteiger partial charge in [-0.25, -0.2) is 4.39 Å². The lowest BCUT2D eigenvalue weighted by atomic mass is 10.0. The number of rotatable bonds is 7. The zero-order chi connectivity index (χ0) is 14.4. The van der Waals surface area contributed by atoms with E-state index in [9.17, 15) is 4.39 Å². The molecular formula is C17H22FNS. The van der Waals surface area contributed by atoms with Crippen molar-refractivity contribution in [1.82, 2.24) is 5.32 Å². The Morgan fingerprint density at radius 2 is 1.90 bits per heavy atom. The second-order valence-electron chi connectivity index (χ2n) is 5.14. The Kier molecular flexibility index (Phi) is 5.74. The molecule has 1 atom stereocenters. The van der Waals surface area contributed by atoms with Crippen molar-refractivity contribution in [3.63, 3.8) is 0 Å². The first kappa shape index (κ1) is 15.2. The average molecular weight is 291 g/mol. The third-order valence-electron chi connectivity index (χ3n) is 3.44. The van der Waals surface area contributed by atoms with Crippen LogP contribution in [0.2, 0.25) is 0 Å². The molecule has 0 spiro atoms. The van der Waals surface area contributed by atoms with Gasteiger partial charge < -0.3 is 5.32 Å². The highest BCUT2D eigenvalue weighted by atomic mass is 32.1. The first-order chi connectivity index (χ1) is 9.69. The van der Waals surface area contributed by atoms with E-state index in [0.717, 1.165) is 13.0 Å². The van der Waals surface area contributed by atoms with E-state index in [4.69, 9.17) is 0 Å². The number of thiophene rings is 1. The molecular weight excluding hydrogens is 269 g/mol. The molecule has 0 amide bonds. The largest absolute Gasteiger partial charge is 0.305 e. The van der Waals surface area contributed by atoms with Crippen molar-refractivity contribution in [1.29, 1.82) is 0 Å². The molecule has 108 valence electrons. The van der Waals surface area contributed by atoms with Crippen LogP contribution in [0.4, 0.5) is 4.39 Å². The van der Waals surface area contributed by atoms with Gasteiger partial charge in [0.25, 0.3) is 0 Å². The lowest BCUT2D eigenvalue weighted by molar-refractivity contribution is 0.482. The third kappa shape index (κ3) is 4.43. The predicted octanol–water partition coefficient (Wildman–Crippen LogP) is 5.22. The van der Waals surface area contributed by atoms with Gasteiger partial charge in [0.15, 0.2) is 0 Å². The molecule has 0 radical (unpaired) electrons. The minimum absolute atomic E-state index is 0.170. The van der Waals surface area contributed by atoms with Gasteiger partial charge >= 0.3 is 0 Å². The van der Waals surface area contributed by atoms with E-state index in [2.05, 4.69) is 31.3 Å². The Morgan fingerprint density at radius 1 is 1.15 bits per heavy atom. The fraction of sp³-hybridized carbons (Fsp3) is 0.412. The molecule has 2 aromatic rings. The van der Waals surface area contributed by atoms with Gasteiger partial charge in [-0.05, 0) is 43.2 Å². The molecule has 0 aliphatic heterocycles. The lowest BCUT2D eigenvalue weighted by Gasteiger charge is -2.18. The Hall–Kier alpha value is -1.19. The van der Waals surface area contributed by atoms with Gasteiger partial charge in [-0.15, -0.1) is 11.3 Å². The Morgan fingerprint density at radius 3 is 2.50 bits per heavy atom. The molecule has 1 aromatic carbocycles. The maximum Gasteiger partial charge on any atom is 0.123 e. The predicted molar refractivity (Wildman–Crippen MR) is 84.6 cm³/mol. The number of aryl methyl sites for hydroxylation is 1. The summed E-state index contributed by atoms with van der Waals surface area (Å²) in [7, 11) is 0. The lowest BCUT2D eigenvalue weighted by Crippen LogP contribution is -2.20. The van der Waals surface area contributed by atoms with Crippen LogP contribution in [0.25, 0.3) is 0 Å². The monoisotopic (exact) mass is 291 g/mol. The van der Waals surface area contributed by atoms with E-state index in [1.807, 2.05) is 23.5 Å². The highest BCUT2D eigenvalue weighted by Crippen LogP contribution is 2.22. The summed E-state index contributed by atoms with van der Waals surface area (Å²) in [6, 6.07) is 11.5. The number of unbranched alkanes of at least 4 members (excludes halogenated alkanes) is 1. The van der Waals surface area contributed by atoms with Gasteiger partial charge in [-0.2, -0.15) is 0 Å². The van der Waals surface area contributed by atoms with Crippen molar-refractivity contribution in [3.05, 3.63) is 57.5 Å². The van der Waals surface area contributed by atoms with Crippen LogP contribution in [0.15, 0.2) is 36.4 Å². The Bertz CT molecular complexity index is 518. The summed E-state index contributed by atoms with van der Waals surface area (Å²) in [4.78, 5) is 2.69. The molecule has 3 heteroatoms. The SMILES string of the molecule is CCCCC(NCc1ccc(C)s1)c1ccc(F)cc1. The van der Waals surface area contributed by atoms with Crippen LogP contribution in [-0.4, -0.2) is 0 Å². The normalized spacial score (nSPS) is 12.6. The number of hydrogen-bond donors (Lipinski definition) is 1. The molecule has 20 heavy (non-hydrogen) atoms. The van der Waals surface area contributed by atoms with Crippen LogP contribution < -0.4 is 5.32 Å². The second kappa shape index (κ2) is 7.55. The number of nitrogens with one attached hydrogen (secondary N) is 1. The van der Waals surface area contributed by atoms with E-state index >= 15 is 0 Å². The molecule has 0 aliphatic rings. The highest BCUT2D eigenvalue weighted by Gasteiger charge is 2.11. The zero-order valence-corrected chi connectivity index (χ0v) is 13.0. The van der Waals surface area contributed by atoms with Crippen molar-refractivity contribution in [2.45, 2.75) is 45.7 Å². The molecule has 1 unspecified atom stereocenters. The van der Waals surface area contributed by atoms with Crippen molar-refractivity contribution in [3.8, 4) is 0 Å². The van der Waals surface area contributed by atoms with Gasteiger partial charge in [0.2, 0.25) is 0 Å². The summed E-state index contributed by atoms with van der Waals surface area (Å²) in [5.41, 5.74) is 1.17. The van der Waals surface area contributed by atoms with Gasteiger partial charge in [-0.3, -0.25) is 0 Å². The van der Waals surface area contributed by atoms with Crippen molar-refractivity contribution in [2.24, 2.45) is 0 Å². The molecule has 1 N–H and O–H groups in total. The van der Waals surface area contributed by atoms with Crippen LogP contribution in [0, 0.1) is 12.7 Å². The zero-order valence-electron chi connectivity index (χ0n) is 12.2. The fourth-order valence-corrected chi connectivity index (χ4v) is 3.14. The van der Waals surface area contributed by atoms with Crippen LogP contribution in [0.1, 0.15) is 47.5 Å². The average Bonchev–Trinajstić information content (AvgIpc) is 2.86. The van der Waals surface area contributed by atoms with Crippen LogP contribution >= 0.6 is 11.3 Å². The van der Waals surface area contributed by atoms with Crippen LogP contribution in [-0.2, 0) is 6.54 Å². The summed E-state index contributed by atoms with van der Waals surface area (Å²) in [6.07, 6.45) is 3.45. The molecule has 0 fully saturated rings. The topological polar surface area (TPSA) is 12.0 Å². The molecule has 1 aromatic heterocycles. The fourth-order valence-electron chi connectivity index (χ4n) is 2.29. The van der Waals surface area contributed by atoms with Crippen LogP contribution in [0.3, 0.4) is 0 Å². The van der Waals surface area contributed by atoms with Crippen molar-refractivity contribution >= 4 is 11.3 Å². The summed E-state index contributed by atoms with van der Waals surface area (Å²) >= 11 is 1.83. The molecule has 1 heterocycles. The maximum absolute atomic E-state index is 13.0. The second-order valence-corrected chi connectivity index (χ2v) is 6.51.